The summed E-state index contributed by atoms with van der Waals surface area (Å²) >= 11 is 0. The predicted molar refractivity (Wildman–Crippen MR) is 150 cm³/mol. The van der Waals surface area contributed by atoms with Crippen LogP contribution in [0.2, 0.25) is 0 Å². The number of hydrogen-bond acceptors (Lipinski definition) is 1. The van der Waals surface area contributed by atoms with Gasteiger partial charge in [0.15, 0.2) is 0 Å². The highest BCUT2D eigenvalue weighted by atomic mass is 15.1. The lowest BCUT2D eigenvalue weighted by molar-refractivity contribution is -0.871. The summed E-state index contributed by atoms with van der Waals surface area (Å²) in [6.07, 6.45) is 15.7. The zero-order valence-electron chi connectivity index (χ0n) is 20.9. The molecule has 2 N–H and O–H groups in total. The van der Waals surface area contributed by atoms with Crippen LogP contribution in [0.25, 0.3) is 11.1 Å². The highest BCUT2D eigenvalue weighted by molar-refractivity contribution is 5.84. The van der Waals surface area contributed by atoms with Crippen LogP contribution in [0.4, 0.5) is 0 Å². The number of hydrogen-bond donors (Lipinski definition) is 2. The molecule has 0 spiro atoms. The minimum Gasteiger partial charge on any atom is -0.331 e. The van der Waals surface area contributed by atoms with E-state index in [1.165, 1.54) is 43.9 Å². The Hall–Kier alpha value is -3.72. The fraction of sp³-hybridized carbons (Fsp3) is 0.152. The molecule has 1 aliphatic rings. The van der Waals surface area contributed by atoms with E-state index in [4.69, 9.17) is 0 Å². The van der Waals surface area contributed by atoms with E-state index in [9.17, 15) is 0 Å². The third-order valence-corrected chi connectivity index (χ3v) is 6.29. The molecule has 0 fully saturated rings. The molecule has 1 aliphatic carbocycles. The summed E-state index contributed by atoms with van der Waals surface area (Å²) in [4.78, 5) is 1.41. The molecule has 0 unspecified atom stereocenters. The number of likely N-dealkylation sites (N-methyl/N-ethyl adjacent to an activating group) is 1. The van der Waals surface area contributed by atoms with Crippen molar-refractivity contribution in [2.45, 2.75) is 12.6 Å². The molecule has 176 valence electrons. The van der Waals surface area contributed by atoms with Crippen LogP contribution in [0.15, 0.2) is 133 Å². The monoisotopic (exact) mass is 459 g/mol. The van der Waals surface area contributed by atoms with Crippen LogP contribution in [0.3, 0.4) is 0 Å². The Balaban J connectivity index is 1.72. The Bertz CT molecular complexity index is 1230. The molecule has 3 aromatic carbocycles. The number of nitrogens with one attached hydrogen (secondary N) is 2. The molecular weight excluding hydrogens is 424 g/mol. The minimum atomic E-state index is 0.412. The van der Waals surface area contributed by atoms with Gasteiger partial charge in [0.1, 0.15) is 6.04 Å². The van der Waals surface area contributed by atoms with Gasteiger partial charge in [-0.25, -0.2) is 0 Å². The Labute approximate surface area is 210 Å². The highest BCUT2D eigenvalue weighted by Gasteiger charge is 2.12. The van der Waals surface area contributed by atoms with Crippen LogP contribution >= 0.6 is 0 Å². The zero-order valence-corrected chi connectivity index (χ0v) is 20.9. The fourth-order valence-corrected chi connectivity index (χ4v) is 4.30. The van der Waals surface area contributed by atoms with Crippen LogP contribution in [0.5, 0.6) is 0 Å². The van der Waals surface area contributed by atoms with E-state index >= 15 is 0 Å². The number of quaternary nitrogens is 1. The first-order valence-corrected chi connectivity index (χ1v) is 12.3. The molecular formula is C33H35N2+. The summed E-state index contributed by atoms with van der Waals surface area (Å²) in [6, 6.07) is 30.5. The lowest BCUT2D eigenvalue weighted by Gasteiger charge is -2.18. The predicted octanol–water partition coefficient (Wildman–Crippen LogP) is 5.49. The van der Waals surface area contributed by atoms with Gasteiger partial charge in [0.2, 0.25) is 0 Å². The number of benzene rings is 3. The normalized spacial score (nSPS) is 15.8. The molecule has 2 heteroatoms. The van der Waals surface area contributed by atoms with Gasteiger partial charge < -0.3 is 10.2 Å². The lowest BCUT2D eigenvalue weighted by Crippen LogP contribution is -3.09. The van der Waals surface area contributed by atoms with Gasteiger partial charge >= 0.3 is 0 Å². The first-order chi connectivity index (χ1) is 17.2. The van der Waals surface area contributed by atoms with Crippen LogP contribution in [-0.2, 0) is 6.54 Å². The summed E-state index contributed by atoms with van der Waals surface area (Å²) in [5.74, 6) is 0. The lowest BCUT2D eigenvalue weighted by atomic mass is 9.94. The summed E-state index contributed by atoms with van der Waals surface area (Å²) in [5.41, 5.74) is 8.58. The van der Waals surface area contributed by atoms with Crippen molar-refractivity contribution < 1.29 is 4.90 Å². The molecule has 0 aromatic heterocycles. The van der Waals surface area contributed by atoms with Gasteiger partial charge in [-0.3, -0.25) is 0 Å². The molecule has 0 bridgehead atoms. The molecule has 35 heavy (non-hydrogen) atoms. The zero-order chi connectivity index (χ0) is 24.5. The molecule has 0 amide bonds. The van der Waals surface area contributed by atoms with Crippen molar-refractivity contribution in [1.29, 1.82) is 0 Å². The van der Waals surface area contributed by atoms with Crippen LogP contribution in [0, 0.1) is 0 Å². The second-order valence-electron chi connectivity index (χ2n) is 9.09. The first-order valence-electron chi connectivity index (χ1n) is 12.3. The standard InChI is InChI=1S/C33H34N2/c1-34-25-26-17-19-29(20-18-26)32(27-11-6-4-7-12-27)15-10-16-33(28-13-8-5-9-14-28)30-21-23-31(24-22-30)35(2)3/h4-24,31,34H,25H2,1-3H3/p+1. The second-order valence-corrected chi connectivity index (χ2v) is 9.09. The van der Waals surface area contributed by atoms with Crippen molar-refractivity contribution in [2.75, 3.05) is 21.1 Å². The Kier molecular flexibility index (Phi) is 8.45. The van der Waals surface area contributed by atoms with Gasteiger partial charge in [-0.1, -0.05) is 115 Å². The van der Waals surface area contributed by atoms with Crippen LogP contribution in [-0.4, -0.2) is 27.2 Å². The molecule has 0 aliphatic heterocycles. The van der Waals surface area contributed by atoms with E-state index < -0.39 is 0 Å². The summed E-state index contributed by atoms with van der Waals surface area (Å²) < 4.78 is 0. The van der Waals surface area contributed by atoms with Gasteiger partial charge in [0, 0.05) is 6.54 Å². The minimum absolute atomic E-state index is 0.412. The van der Waals surface area contributed by atoms with Crippen molar-refractivity contribution in [3.05, 3.63) is 155 Å². The van der Waals surface area contributed by atoms with E-state index in [0.29, 0.717) is 6.04 Å². The van der Waals surface area contributed by atoms with Gasteiger partial charge in [0.05, 0.1) is 14.1 Å². The molecule has 3 aromatic rings. The van der Waals surface area contributed by atoms with E-state index in [2.05, 4.69) is 147 Å². The van der Waals surface area contributed by atoms with E-state index in [-0.39, 0.29) is 0 Å². The van der Waals surface area contributed by atoms with E-state index in [1.807, 2.05) is 7.05 Å². The Morgan fingerprint density at radius 2 is 1.34 bits per heavy atom. The maximum Gasteiger partial charge on any atom is 0.125 e. The van der Waals surface area contributed by atoms with Crippen LogP contribution in [0.1, 0.15) is 22.3 Å². The molecule has 2 nitrogen and oxygen atoms in total. The average Bonchev–Trinajstić information content (AvgIpc) is 2.91. The number of allylic oxidation sites excluding steroid dienone is 7. The molecule has 0 saturated carbocycles. The van der Waals surface area contributed by atoms with Gasteiger partial charge in [-0.05, 0) is 58.2 Å². The summed E-state index contributed by atoms with van der Waals surface area (Å²) in [6.45, 7) is 0.871. The topological polar surface area (TPSA) is 16.5 Å². The molecule has 4 rings (SSSR count). The highest BCUT2D eigenvalue weighted by Crippen LogP contribution is 2.27. The largest absolute Gasteiger partial charge is 0.331 e. The average molecular weight is 460 g/mol. The number of rotatable bonds is 8. The van der Waals surface area contributed by atoms with Crippen molar-refractivity contribution >= 4 is 11.1 Å². The fourth-order valence-electron chi connectivity index (χ4n) is 4.30. The summed E-state index contributed by atoms with van der Waals surface area (Å²) in [7, 11) is 6.35. The second kappa shape index (κ2) is 12.1. The van der Waals surface area contributed by atoms with Crippen molar-refractivity contribution in [3.63, 3.8) is 0 Å². The van der Waals surface area contributed by atoms with E-state index in [1.54, 1.807) is 0 Å². The quantitative estimate of drug-likeness (QED) is 0.426. The van der Waals surface area contributed by atoms with Crippen LogP contribution < -0.4 is 10.2 Å². The molecule has 0 heterocycles. The van der Waals surface area contributed by atoms with Gasteiger partial charge in [-0.2, -0.15) is 0 Å². The summed E-state index contributed by atoms with van der Waals surface area (Å²) in [5, 5.41) is 3.22. The Morgan fingerprint density at radius 1 is 0.771 bits per heavy atom. The maximum absolute atomic E-state index is 3.22. The SMILES string of the molecule is CNCc1ccc(C(=CC=CC(=C2C=CC([NH+](C)C)C=C2)c2ccccc2)c2ccccc2)cc1. The third kappa shape index (κ3) is 6.45. The van der Waals surface area contributed by atoms with E-state index in [0.717, 1.165) is 6.54 Å². The molecule has 0 saturated heterocycles. The maximum atomic E-state index is 3.22. The van der Waals surface area contributed by atoms with Crippen molar-refractivity contribution in [2.24, 2.45) is 0 Å². The first kappa shape index (κ1) is 24.4. The van der Waals surface area contributed by atoms with Crippen molar-refractivity contribution in [3.8, 4) is 0 Å². The Morgan fingerprint density at radius 3 is 1.91 bits per heavy atom. The molecule has 0 atom stereocenters. The third-order valence-electron chi connectivity index (χ3n) is 6.29. The van der Waals surface area contributed by atoms with Gasteiger partial charge in [0.25, 0.3) is 0 Å². The van der Waals surface area contributed by atoms with Gasteiger partial charge in [-0.15, -0.1) is 0 Å². The van der Waals surface area contributed by atoms with Crippen molar-refractivity contribution in [1.82, 2.24) is 5.32 Å². The smallest absolute Gasteiger partial charge is 0.125 e. The molecule has 0 radical (unpaired) electrons.